The number of benzene rings is 1. The van der Waals surface area contributed by atoms with E-state index in [1.165, 1.54) is 16.7 Å². The maximum Gasteiger partial charge on any atom is 0.0346 e. The lowest BCUT2D eigenvalue weighted by atomic mass is 10.0. The number of aromatic nitrogens is 1. The van der Waals surface area contributed by atoms with Crippen molar-refractivity contribution >= 4 is 0 Å². The molecular formula is C15H18N2. The van der Waals surface area contributed by atoms with Crippen molar-refractivity contribution in [3.63, 3.8) is 0 Å². The first-order valence-corrected chi connectivity index (χ1v) is 5.99. The van der Waals surface area contributed by atoms with E-state index in [2.05, 4.69) is 54.5 Å². The van der Waals surface area contributed by atoms with Crippen molar-refractivity contribution < 1.29 is 0 Å². The monoisotopic (exact) mass is 226 g/mol. The molecular weight excluding hydrogens is 208 g/mol. The zero-order chi connectivity index (χ0) is 12.1. The predicted molar refractivity (Wildman–Crippen MR) is 71.6 cm³/mol. The van der Waals surface area contributed by atoms with Gasteiger partial charge in [0.25, 0.3) is 0 Å². The highest BCUT2D eigenvalue weighted by Crippen LogP contribution is 2.22. The Hall–Kier alpha value is -1.67. The van der Waals surface area contributed by atoms with Crippen LogP contribution in [0.25, 0.3) is 11.1 Å². The van der Waals surface area contributed by atoms with Crippen molar-refractivity contribution in [1.82, 2.24) is 10.3 Å². The fraction of sp³-hybridized carbons (Fsp3) is 0.267. The molecule has 2 rings (SSSR count). The molecule has 0 aliphatic heterocycles. The maximum atomic E-state index is 4.18. The highest BCUT2D eigenvalue weighted by atomic mass is 14.9. The van der Waals surface area contributed by atoms with Crippen LogP contribution in [0.5, 0.6) is 0 Å². The number of rotatable bonds is 4. The van der Waals surface area contributed by atoms with Crippen LogP contribution in [0.15, 0.2) is 48.8 Å². The standard InChI is InChI=1S/C15H18N2/c1-12(2)17-11-14-6-3-4-8-15(14)13-7-5-9-16-10-13/h3-10,12,17H,11H2,1-2H3. The summed E-state index contributed by atoms with van der Waals surface area (Å²) in [6.07, 6.45) is 3.71. The van der Waals surface area contributed by atoms with Gasteiger partial charge in [-0.15, -0.1) is 0 Å². The Kier molecular flexibility index (Phi) is 3.89. The molecule has 0 amide bonds. The van der Waals surface area contributed by atoms with E-state index in [1.807, 2.05) is 12.3 Å². The summed E-state index contributed by atoms with van der Waals surface area (Å²) < 4.78 is 0. The maximum absolute atomic E-state index is 4.18. The second-order valence-corrected chi connectivity index (χ2v) is 4.43. The first-order chi connectivity index (χ1) is 8.27. The van der Waals surface area contributed by atoms with E-state index in [-0.39, 0.29) is 0 Å². The quantitative estimate of drug-likeness (QED) is 0.865. The zero-order valence-electron chi connectivity index (χ0n) is 10.4. The summed E-state index contributed by atoms with van der Waals surface area (Å²) in [6.45, 7) is 5.21. The molecule has 88 valence electrons. The first-order valence-electron chi connectivity index (χ1n) is 5.99. The van der Waals surface area contributed by atoms with Crippen LogP contribution in [0.2, 0.25) is 0 Å². The third-order valence-electron chi connectivity index (χ3n) is 2.69. The Morgan fingerprint density at radius 1 is 1.12 bits per heavy atom. The van der Waals surface area contributed by atoms with Crippen molar-refractivity contribution in [2.45, 2.75) is 26.4 Å². The lowest BCUT2D eigenvalue weighted by Gasteiger charge is -2.12. The molecule has 0 aliphatic rings. The topological polar surface area (TPSA) is 24.9 Å². The van der Waals surface area contributed by atoms with E-state index in [0.717, 1.165) is 6.54 Å². The smallest absolute Gasteiger partial charge is 0.0346 e. The molecule has 0 atom stereocenters. The van der Waals surface area contributed by atoms with Crippen molar-refractivity contribution in [1.29, 1.82) is 0 Å². The molecule has 1 aromatic carbocycles. The van der Waals surface area contributed by atoms with Crippen LogP contribution in [-0.2, 0) is 6.54 Å². The van der Waals surface area contributed by atoms with Crippen molar-refractivity contribution in [2.24, 2.45) is 0 Å². The van der Waals surface area contributed by atoms with Crippen LogP contribution < -0.4 is 5.32 Å². The van der Waals surface area contributed by atoms with E-state index in [0.29, 0.717) is 6.04 Å². The van der Waals surface area contributed by atoms with E-state index in [4.69, 9.17) is 0 Å². The van der Waals surface area contributed by atoms with Crippen molar-refractivity contribution in [2.75, 3.05) is 0 Å². The molecule has 0 radical (unpaired) electrons. The molecule has 0 fully saturated rings. The van der Waals surface area contributed by atoms with Crippen LogP contribution >= 0.6 is 0 Å². The van der Waals surface area contributed by atoms with Gasteiger partial charge in [-0.1, -0.05) is 44.2 Å². The average molecular weight is 226 g/mol. The Bertz CT molecular complexity index is 463. The van der Waals surface area contributed by atoms with Crippen LogP contribution in [0.4, 0.5) is 0 Å². The molecule has 0 saturated heterocycles. The average Bonchev–Trinajstić information content (AvgIpc) is 2.38. The van der Waals surface area contributed by atoms with Gasteiger partial charge in [-0.2, -0.15) is 0 Å². The Morgan fingerprint density at radius 2 is 1.94 bits per heavy atom. The van der Waals surface area contributed by atoms with Gasteiger partial charge in [0.1, 0.15) is 0 Å². The largest absolute Gasteiger partial charge is 0.310 e. The summed E-state index contributed by atoms with van der Waals surface area (Å²) >= 11 is 0. The van der Waals surface area contributed by atoms with Gasteiger partial charge in [-0.05, 0) is 17.2 Å². The van der Waals surface area contributed by atoms with Crippen molar-refractivity contribution in [3.8, 4) is 11.1 Å². The fourth-order valence-corrected chi connectivity index (χ4v) is 1.79. The summed E-state index contributed by atoms with van der Waals surface area (Å²) in [6, 6.07) is 13.0. The molecule has 2 nitrogen and oxygen atoms in total. The summed E-state index contributed by atoms with van der Waals surface area (Å²) in [7, 11) is 0. The van der Waals surface area contributed by atoms with Crippen molar-refractivity contribution in [3.05, 3.63) is 54.4 Å². The van der Waals surface area contributed by atoms with Gasteiger partial charge in [0.15, 0.2) is 0 Å². The van der Waals surface area contributed by atoms with E-state index >= 15 is 0 Å². The lowest BCUT2D eigenvalue weighted by Crippen LogP contribution is -2.22. The SMILES string of the molecule is CC(C)NCc1ccccc1-c1cccnc1. The summed E-state index contributed by atoms with van der Waals surface area (Å²) in [4.78, 5) is 4.18. The van der Waals surface area contributed by atoms with E-state index in [9.17, 15) is 0 Å². The van der Waals surface area contributed by atoms with Gasteiger partial charge >= 0.3 is 0 Å². The van der Waals surface area contributed by atoms with Gasteiger partial charge in [0.2, 0.25) is 0 Å². The van der Waals surface area contributed by atoms with E-state index < -0.39 is 0 Å². The minimum Gasteiger partial charge on any atom is -0.310 e. The fourth-order valence-electron chi connectivity index (χ4n) is 1.79. The normalized spacial score (nSPS) is 10.8. The van der Waals surface area contributed by atoms with Gasteiger partial charge in [0, 0.05) is 30.5 Å². The first kappa shape index (κ1) is 11.8. The number of pyridine rings is 1. The molecule has 0 aliphatic carbocycles. The van der Waals surface area contributed by atoms with Crippen LogP contribution in [-0.4, -0.2) is 11.0 Å². The zero-order valence-corrected chi connectivity index (χ0v) is 10.4. The number of hydrogen-bond acceptors (Lipinski definition) is 2. The Balaban J connectivity index is 2.28. The molecule has 0 saturated carbocycles. The second-order valence-electron chi connectivity index (χ2n) is 4.43. The predicted octanol–water partition coefficient (Wildman–Crippen LogP) is 3.25. The molecule has 2 heteroatoms. The lowest BCUT2D eigenvalue weighted by molar-refractivity contribution is 0.589. The van der Waals surface area contributed by atoms with E-state index in [1.54, 1.807) is 6.20 Å². The minimum absolute atomic E-state index is 0.497. The minimum atomic E-state index is 0.497. The molecule has 1 N–H and O–H groups in total. The third-order valence-corrected chi connectivity index (χ3v) is 2.69. The van der Waals surface area contributed by atoms with Crippen LogP contribution in [0.3, 0.4) is 0 Å². The number of hydrogen-bond donors (Lipinski definition) is 1. The van der Waals surface area contributed by atoms with Gasteiger partial charge in [-0.25, -0.2) is 0 Å². The van der Waals surface area contributed by atoms with Crippen LogP contribution in [0, 0.1) is 0 Å². The second kappa shape index (κ2) is 5.60. The summed E-state index contributed by atoms with van der Waals surface area (Å²) in [5.74, 6) is 0. The van der Waals surface area contributed by atoms with Gasteiger partial charge in [0.05, 0.1) is 0 Å². The van der Waals surface area contributed by atoms with Crippen LogP contribution in [0.1, 0.15) is 19.4 Å². The summed E-state index contributed by atoms with van der Waals surface area (Å²) in [5.41, 5.74) is 3.75. The molecule has 1 aromatic heterocycles. The molecule has 0 spiro atoms. The summed E-state index contributed by atoms with van der Waals surface area (Å²) in [5, 5.41) is 3.45. The highest BCUT2D eigenvalue weighted by Gasteiger charge is 2.04. The third kappa shape index (κ3) is 3.14. The van der Waals surface area contributed by atoms with Gasteiger partial charge in [-0.3, -0.25) is 4.98 Å². The molecule has 1 heterocycles. The molecule has 0 bridgehead atoms. The Morgan fingerprint density at radius 3 is 2.65 bits per heavy atom. The molecule has 17 heavy (non-hydrogen) atoms. The number of nitrogens with one attached hydrogen (secondary N) is 1. The molecule has 2 aromatic rings. The Labute approximate surface area is 103 Å². The number of nitrogens with zero attached hydrogens (tertiary/aromatic N) is 1. The van der Waals surface area contributed by atoms with Gasteiger partial charge < -0.3 is 5.32 Å². The highest BCUT2D eigenvalue weighted by molar-refractivity contribution is 5.66. The molecule has 0 unspecified atom stereocenters.